The minimum atomic E-state index is -1.98. The van der Waals surface area contributed by atoms with Crippen molar-refractivity contribution in [3.05, 3.63) is 48.6 Å². The molecule has 0 aromatic rings. The summed E-state index contributed by atoms with van der Waals surface area (Å²) < 4.78 is 34.2. The third kappa shape index (κ3) is 32.7. The van der Waals surface area contributed by atoms with E-state index in [0.29, 0.717) is 6.42 Å². The maximum atomic E-state index is 13.3. The molecule has 3 aliphatic rings. The molecular formula is C68H123NO18. The smallest absolute Gasteiger partial charge is 0.220 e. The van der Waals surface area contributed by atoms with Crippen LogP contribution in [-0.2, 0) is 33.2 Å². The monoisotopic (exact) mass is 1240 g/mol. The Labute approximate surface area is 523 Å². The summed E-state index contributed by atoms with van der Waals surface area (Å²) in [7, 11) is 0. The number of carbonyl (C=O) groups is 1. The Bertz CT molecular complexity index is 1770. The summed E-state index contributed by atoms with van der Waals surface area (Å²) in [5, 5.41) is 120. The molecule has 0 aliphatic carbocycles. The number of ether oxygens (including phenoxy) is 6. The van der Waals surface area contributed by atoms with Gasteiger partial charge in [0.1, 0.15) is 73.2 Å². The average Bonchev–Trinajstić information content (AvgIpc) is 1.04. The maximum absolute atomic E-state index is 13.3. The normalized spacial score (nSPS) is 28.9. The van der Waals surface area contributed by atoms with Crippen LogP contribution in [0, 0.1) is 0 Å². The molecule has 87 heavy (non-hydrogen) atoms. The van der Waals surface area contributed by atoms with Gasteiger partial charge in [-0.25, -0.2) is 0 Å². The molecule has 0 aromatic heterocycles. The molecule has 19 nitrogen and oxygen atoms in total. The average molecular weight is 1240 g/mol. The zero-order valence-electron chi connectivity index (χ0n) is 53.5. The minimum absolute atomic E-state index is 0.244. The lowest BCUT2D eigenvalue weighted by atomic mass is 9.96. The lowest BCUT2D eigenvalue weighted by molar-refractivity contribution is -0.379. The van der Waals surface area contributed by atoms with Crippen molar-refractivity contribution in [3.8, 4) is 0 Å². The van der Waals surface area contributed by atoms with Crippen molar-refractivity contribution in [2.45, 2.75) is 349 Å². The number of allylic oxidation sites excluding steroid dienone is 7. The third-order valence-corrected chi connectivity index (χ3v) is 17.1. The van der Waals surface area contributed by atoms with Gasteiger partial charge in [0.15, 0.2) is 18.9 Å². The Hall–Kier alpha value is -2.25. The van der Waals surface area contributed by atoms with E-state index in [-0.39, 0.29) is 18.9 Å². The van der Waals surface area contributed by atoms with Crippen LogP contribution in [0.3, 0.4) is 0 Å². The summed E-state index contributed by atoms with van der Waals surface area (Å²) in [5.74, 6) is -0.277. The molecule has 0 aromatic carbocycles. The predicted molar refractivity (Wildman–Crippen MR) is 337 cm³/mol. The number of nitrogens with one attached hydrogen (secondary N) is 1. The molecule has 0 saturated carbocycles. The molecule has 3 fully saturated rings. The first-order chi connectivity index (χ1) is 42.3. The Morgan fingerprint density at radius 2 is 0.759 bits per heavy atom. The molecule has 0 radical (unpaired) electrons. The molecule has 3 heterocycles. The van der Waals surface area contributed by atoms with Gasteiger partial charge in [-0.1, -0.05) is 229 Å². The van der Waals surface area contributed by atoms with Crippen LogP contribution < -0.4 is 5.32 Å². The van der Waals surface area contributed by atoms with Crippen molar-refractivity contribution in [1.82, 2.24) is 5.32 Å². The molecule has 0 spiro atoms. The van der Waals surface area contributed by atoms with Crippen LogP contribution in [-0.4, -0.2) is 193 Å². The predicted octanol–water partition coefficient (Wildman–Crippen LogP) is 8.61. The van der Waals surface area contributed by atoms with Crippen LogP contribution in [0.2, 0.25) is 0 Å². The van der Waals surface area contributed by atoms with Crippen molar-refractivity contribution >= 4 is 5.91 Å². The topological polar surface area (TPSA) is 307 Å². The molecule has 1 amide bonds. The number of aliphatic hydroxyl groups is 11. The standard InChI is InChI=1S/C68H123NO18/c1-3-5-7-9-11-13-14-15-16-17-18-19-20-21-22-23-24-25-26-27-28-29-30-31-32-33-34-35-36-38-40-42-44-46-56(74)69-51(52(73)45-43-41-39-37-12-10-8-6-4-2)50-82-66-62(80)59(77)64(54(48-71)84-66)87-68-63(81)60(78)65(55(49-72)85-68)86-67-61(79)58(76)57(75)53(47-70)83-67/h14-15,17-18,20-21,43,45,51-55,57-68,70-73,75-81H,3-13,16,19,22-42,44,46-50H2,1-2H3,(H,69,74)/b15-14-,18-17-,21-20-,45-43+. The van der Waals surface area contributed by atoms with E-state index in [4.69, 9.17) is 28.4 Å². The molecule has 0 bridgehead atoms. The van der Waals surface area contributed by atoms with E-state index in [1.165, 1.54) is 161 Å². The first-order valence-corrected chi connectivity index (χ1v) is 34.4. The second kappa shape index (κ2) is 50.3. The summed E-state index contributed by atoms with van der Waals surface area (Å²) in [5.41, 5.74) is 0. The van der Waals surface area contributed by atoms with Crippen LogP contribution in [0.1, 0.15) is 245 Å². The van der Waals surface area contributed by atoms with E-state index >= 15 is 0 Å². The molecular weight excluding hydrogens is 1120 g/mol. The van der Waals surface area contributed by atoms with Gasteiger partial charge in [-0.15, -0.1) is 0 Å². The van der Waals surface area contributed by atoms with Gasteiger partial charge in [0.05, 0.1) is 38.6 Å². The van der Waals surface area contributed by atoms with Gasteiger partial charge in [0.2, 0.25) is 5.91 Å². The lowest BCUT2D eigenvalue weighted by Gasteiger charge is -2.48. The van der Waals surface area contributed by atoms with Gasteiger partial charge in [0, 0.05) is 6.42 Å². The zero-order valence-corrected chi connectivity index (χ0v) is 53.5. The fourth-order valence-corrected chi connectivity index (χ4v) is 11.5. The molecule has 508 valence electrons. The van der Waals surface area contributed by atoms with Crippen LogP contribution in [0.4, 0.5) is 0 Å². The zero-order chi connectivity index (χ0) is 63.3. The minimum Gasteiger partial charge on any atom is -0.394 e. The van der Waals surface area contributed by atoms with Gasteiger partial charge in [0.25, 0.3) is 0 Å². The Morgan fingerprint density at radius 1 is 0.414 bits per heavy atom. The summed E-state index contributed by atoms with van der Waals surface area (Å²) >= 11 is 0. The van der Waals surface area contributed by atoms with E-state index in [9.17, 15) is 61.0 Å². The highest BCUT2D eigenvalue weighted by Gasteiger charge is 2.53. The van der Waals surface area contributed by atoms with Crippen molar-refractivity contribution in [2.24, 2.45) is 0 Å². The highest BCUT2D eigenvalue weighted by atomic mass is 16.8. The number of unbranched alkanes of at least 4 members (excludes halogenated alkanes) is 30. The van der Waals surface area contributed by atoms with Crippen molar-refractivity contribution < 1.29 is 89.4 Å². The number of carbonyl (C=O) groups excluding carboxylic acids is 1. The van der Waals surface area contributed by atoms with E-state index < -0.39 is 124 Å². The van der Waals surface area contributed by atoms with Crippen LogP contribution >= 0.6 is 0 Å². The van der Waals surface area contributed by atoms with Crippen LogP contribution in [0.25, 0.3) is 0 Å². The summed E-state index contributed by atoms with van der Waals surface area (Å²) in [4.78, 5) is 13.3. The van der Waals surface area contributed by atoms with E-state index in [1.807, 2.05) is 6.08 Å². The van der Waals surface area contributed by atoms with Gasteiger partial charge in [-0.05, 0) is 57.8 Å². The molecule has 17 unspecified atom stereocenters. The van der Waals surface area contributed by atoms with E-state index in [0.717, 1.165) is 57.8 Å². The van der Waals surface area contributed by atoms with E-state index in [1.54, 1.807) is 6.08 Å². The molecule has 3 aliphatic heterocycles. The molecule has 3 rings (SSSR count). The second-order valence-electron chi connectivity index (χ2n) is 24.6. The van der Waals surface area contributed by atoms with Gasteiger partial charge >= 0.3 is 0 Å². The lowest BCUT2D eigenvalue weighted by Crippen LogP contribution is -2.66. The Balaban J connectivity index is 1.32. The number of rotatable bonds is 52. The Morgan fingerprint density at radius 3 is 1.18 bits per heavy atom. The van der Waals surface area contributed by atoms with E-state index in [2.05, 4.69) is 55.6 Å². The van der Waals surface area contributed by atoms with Gasteiger partial charge in [-0.2, -0.15) is 0 Å². The first-order valence-electron chi connectivity index (χ1n) is 34.4. The first kappa shape index (κ1) is 79.0. The van der Waals surface area contributed by atoms with Crippen molar-refractivity contribution in [1.29, 1.82) is 0 Å². The third-order valence-electron chi connectivity index (χ3n) is 17.1. The number of amides is 1. The van der Waals surface area contributed by atoms with Crippen molar-refractivity contribution in [2.75, 3.05) is 26.4 Å². The van der Waals surface area contributed by atoms with Gasteiger partial charge in [-0.3, -0.25) is 4.79 Å². The Kier molecular flexibility index (Phi) is 45.7. The molecule has 19 heteroatoms. The highest BCUT2D eigenvalue weighted by molar-refractivity contribution is 5.76. The van der Waals surface area contributed by atoms with Crippen molar-refractivity contribution in [3.63, 3.8) is 0 Å². The highest BCUT2D eigenvalue weighted by Crippen LogP contribution is 2.33. The maximum Gasteiger partial charge on any atom is 0.220 e. The van der Waals surface area contributed by atoms with Gasteiger partial charge < -0.3 is 89.9 Å². The fourth-order valence-electron chi connectivity index (χ4n) is 11.5. The fraction of sp³-hybridized carbons (Fsp3) is 0.868. The second-order valence-corrected chi connectivity index (χ2v) is 24.6. The SMILES string of the molecule is CCCCCCC/C=C\C/C=C\C/C=C\CCCCCCCCCCCCCCCCCCCCC(=O)NC(COC1OC(CO)C(OC2OC(CO)C(OC3OC(CO)C(O)C(O)C3O)C(O)C2O)C(O)C1O)C(O)/C=C/CCCCCCCCC. The molecule has 3 saturated heterocycles. The number of hydrogen-bond acceptors (Lipinski definition) is 18. The number of hydrogen-bond donors (Lipinski definition) is 12. The summed E-state index contributed by atoms with van der Waals surface area (Å²) in [6, 6.07) is -0.970. The largest absolute Gasteiger partial charge is 0.394 e. The summed E-state index contributed by atoms with van der Waals surface area (Å²) in [6.07, 6.45) is 32.8. The van der Waals surface area contributed by atoms with Crippen LogP contribution in [0.15, 0.2) is 48.6 Å². The van der Waals surface area contributed by atoms with Crippen LogP contribution in [0.5, 0.6) is 0 Å². The summed E-state index contributed by atoms with van der Waals surface area (Å²) in [6.45, 7) is 1.68. The molecule has 12 N–H and O–H groups in total. The number of aliphatic hydroxyl groups excluding tert-OH is 11. The quantitative estimate of drug-likeness (QED) is 0.0200. The molecule has 17 atom stereocenters.